The number of fused-ring (bicyclic) bond motifs is 1. The van der Waals surface area contributed by atoms with E-state index in [9.17, 15) is 0 Å². The fourth-order valence-corrected chi connectivity index (χ4v) is 3.33. The van der Waals surface area contributed by atoms with Crippen molar-refractivity contribution >= 4 is 17.4 Å². The predicted octanol–water partition coefficient (Wildman–Crippen LogP) is 4.18. The van der Waals surface area contributed by atoms with Crippen LogP contribution >= 0.6 is 11.6 Å². The van der Waals surface area contributed by atoms with E-state index >= 15 is 0 Å². The first-order valence-corrected chi connectivity index (χ1v) is 8.42. The van der Waals surface area contributed by atoms with Crippen LogP contribution in [0.4, 0.5) is 5.82 Å². The molecule has 0 atom stereocenters. The zero-order valence-corrected chi connectivity index (χ0v) is 14.8. The van der Waals surface area contributed by atoms with E-state index in [2.05, 4.69) is 5.32 Å². The molecule has 1 N–H and O–H groups in total. The average molecular weight is 356 g/mol. The van der Waals surface area contributed by atoms with Crippen LogP contribution in [-0.4, -0.2) is 30.5 Å². The summed E-state index contributed by atoms with van der Waals surface area (Å²) in [6, 6.07) is 13.5. The largest absolute Gasteiger partial charge is 0.497 e. The van der Waals surface area contributed by atoms with Gasteiger partial charge in [0.05, 0.1) is 25.6 Å². The lowest BCUT2D eigenvalue weighted by Gasteiger charge is -2.08. The summed E-state index contributed by atoms with van der Waals surface area (Å²) in [6.07, 6.45) is 0.921. The normalized spacial score (nSPS) is 12.6. The minimum atomic E-state index is 0.685. The Labute approximate surface area is 151 Å². The number of methoxy groups -OCH3 is 2. The second kappa shape index (κ2) is 6.33. The van der Waals surface area contributed by atoms with E-state index in [0.29, 0.717) is 5.02 Å². The van der Waals surface area contributed by atoms with Gasteiger partial charge in [-0.2, -0.15) is 5.10 Å². The minimum absolute atomic E-state index is 0.685. The number of anilines is 1. The van der Waals surface area contributed by atoms with Crippen LogP contribution in [-0.2, 0) is 6.42 Å². The molecule has 0 fully saturated rings. The Kier molecular flexibility index (Phi) is 4.01. The molecular formula is C19H18ClN3O2. The van der Waals surface area contributed by atoms with Crippen LogP contribution in [0.2, 0.25) is 5.02 Å². The summed E-state index contributed by atoms with van der Waals surface area (Å²) in [5.74, 6) is 2.50. The van der Waals surface area contributed by atoms with Crippen molar-refractivity contribution in [3.8, 4) is 28.4 Å². The van der Waals surface area contributed by atoms with Crippen LogP contribution in [0.25, 0.3) is 16.9 Å². The van der Waals surface area contributed by atoms with Gasteiger partial charge in [0.1, 0.15) is 17.3 Å². The number of benzene rings is 2. The van der Waals surface area contributed by atoms with Gasteiger partial charge in [-0.25, -0.2) is 4.68 Å². The molecule has 4 rings (SSSR count). The maximum atomic E-state index is 6.15. The van der Waals surface area contributed by atoms with Crippen molar-refractivity contribution in [2.75, 3.05) is 26.1 Å². The maximum Gasteiger partial charge on any atom is 0.133 e. The molecule has 0 saturated heterocycles. The van der Waals surface area contributed by atoms with Crippen LogP contribution in [0, 0.1) is 0 Å². The third-order valence-electron chi connectivity index (χ3n) is 4.33. The Morgan fingerprint density at radius 1 is 1.08 bits per heavy atom. The zero-order valence-electron chi connectivity index (χ0n) is 14.0. The minimum Gasteiger partial charge on any atom is -0.497 e. The van der Waals surface area contributed by atoms with Gasteiger partial charge in [-0.3, -0.25) is 0 Å². The van der Waals surface area contributed by atoms with Crippen molar-refractivity contribution in [1.82, 2.24) is 9.78 Å². The molecule has 0 saturated carbocycles. The topological polar surface area (TPSA) is 48.3 Å². The number of hydrogen-bond donors (Lipinski definition) is 1. The molecule has 5 nitrogen and oxygen atoms in total. The highest BCUT2D eigenvalue weighted by Crippen LogP contribution is 2.37. The molecule has 2 aromatic carbocycles. The molecular weight excluding hydrogens is 338 g/mol. The first-order valence-electron chi connectivity index (χ1n) is 8.05. The zero-order chi connectivity index (χ0) is 17.4. The number of nitrogens with one attached hydrogen (secondary N) is 1. The molecule has 1 aliphatic rings. The monoisotopic (exact) mass is 355 g/mol. The molecule has 0 unspecified atom stereocenters. The lowest BCUT2D eigenvalue weighted by atomic mass is 10.1. The molecule has 128 valence electrons. The van der Waals surface area contributed by atoms with Crippen molar-refractivity contribution in [2.24, 2.45) is 0 Å². The quantitative estimate of drug-likeness (QED) is 0.762. The van der Waals surface area contributed by atoms with Gasteiger partial charge in [0.25, 0.3) is 0 Å². The highest BCUT2D eigenvalue weighted by molar-refractivity contribution is 6.30. The van der Waals surface area contributed by atoms with Gasteiger partial charge in [-0.1, -0.05) is 17.7 Å². The second-order valence-electron chi connectivity index (χ2n) is 5.85. The molecule has 6 heteroatoms. The van der Waals surface area contributed by atoms with Crippen LogP contribution < -0.4 is 14.8 Å². The van der Waals surface area contributed by atoms with Crippen LogP contribution in [0.5, 0.6) is 11.5 Å². The highest BCUT2D eigenvalue weighted by Gasteiger charge is 2.24. The molecule has 0 aliphatic carbocycles. The third-order valence-corrected chi connectivity index (χ3v) is 4.56. The predicted molar refractivity (Wildman–Crippen MR) is 99.3 cm³/mol. The van der Waals surface area contributed by atoms with Crippen molar-refractivity contribution in [1.29, 1.82) is 0 Å². The summed E-state index contributed by atoms with van der Waals surface area (Å²) < 4.78 is 12.7. The van der Waals surface area contributed by atoms with Gasteiger partial charge in [0.15, 0.2) is 0 Å². The first kappa shape index (κ1) is 15.8. The Morgan fingerprint density at radius 3 is 2.52 bits per heavy atom. The molecule has 1 aliphatic heterocycles. The summed E-state index contributed by atoms with van der Waals surface area (Å²) in [5, 5.41) is 8.96. The van der Waals surface area contributed by atoms with E-state index in [1.54, 1.807) is 14.2 Å². The van der Waals surface area contributed by atoms with Crippen molar-refractivity contribution in [2.45, 2.75) is 6.42 Å². The van der Waals surface area contributed by atoms with E-state index < -0.39 is 0 Å². The van der Waals surface area contributed by atoms with Crippen molar-refractivity contribution in [3.63, 3.8) is 0 Å². The number of rotatable bonds is 4. The third kappa shape index (κ3) is 2.81. The van der Waals surface area contributed by atoms with Crippen LogP contribution in [0.15, 0.2) is 42.5 Å². The van der Waals surface area contributed by atoms with Crippen molar-refractivity contribution < 1.29 is 9.47 Å². The van der Waals surface area contributed by atoms with E-state index in [1.165, 1.54) is 5.56 Å². The van der Waals surface area contributed by atoms with E-state index in [4.69, 9.17) is 26.2 Å². The average Bonchev–Trinajstić information content (AvgIpc) is 3.23. The molecule has 1 aromatic heterocycles. The molecule has 25 heavy (non-hydrogen) atoms. The molecule has 0 spiro atoms. The van der Waals surface area contributed by atoms with Gasteiger partial charge >= 0.3 is 0 Å². The maximum absolute atomic E-state index is 6.15. The summed E-state index contributed by atoms with van der Waals surface area (Å²) in [6.45, 7) is 0.891. The number of ether oxygens (including phenoxy) is 2. The van der Waals surface area contributed by atoms with Crippen LogP contribution in [0.1, 0.15) is 5.56 Å². The molecule has 0 amide bonds. The summed E-state index contributed by atoms with van der Waals surface area (Å²) >= 11 is 6.15. The fourth-order valence-electron chi connectivity index (χ4n) is 3.15. The van der Waals surface area contributed by atoms with Gasteiger partial charge in [0, 0.05) is 28.8 Å². The Balaban J connectivity index is 1.89. The molecule has 3 aromatic rings. The highest BCUT2D eigenvalue weighted by atomic mass is 35.5. The Morgan fingerprint density at radius 2 is 1.84 bits per heavy atom. The lowest BCUT2D eigenvalue weighted by molar-refractivity contribution is 0.394. The van der Waals surface area contributed by atoms with Crippen LogP contribution in [0.3, 0.4) is 0 Å². The first-order chi connectivity index (χ1) is 12.2. The SMILES string of the molecule is COc1cc(OC)cc(-c2nn(-c3cccc(Cl)c3)c3c2CCN3)c1. The summed E-state index contributed by atoms with van der Waals surface area (Å²) in [4.78, 5) is 0. The Bertz CT molecular complexity index is 914. The number of nitrogens with zero attached hydrogens (tertiary/aromatic N) is 2. The van der Waals surface area contributed by atoms with E-state index in [0.717, 1.165) is 47.2 Å². The smallest absolute Gasteiger partial charge is 0.133 e. The van der Waals surface area contributed by atoms with E-state index in [-0.39, 0.29) is 0 Å². The van der Waals surface area contributed by atoms with Gasteiger partial charge in [-0.05, 0) is 36.8 Å². The second-order valence-corrected chi connectivity index (χ2v) is 6.28. The number of hydrogen-bond acceptors (Lipinski definition) is 4. The molecule has 2 heterocycles. The van der Waals surface area contributed by atoms with Gasteiger partial charge in [0.2, 0.25) is 0 Å². The fraction of sp³-hybridized carbons (Fsp3) is 0.211. The molecule has 0 bridgehead atoms. The summed E-state index contributed by atoms with van der Waals surface area (Å²) in [5.41, 5.74) is 4.02. The number of aromatic nitrogens is 2. The van der Waals surface area contributed by atoms with Gasteiger partial charge < -0.3 is 14.8 Å². The number of halogens is 1. The van der Waals surface area contributed by atoms with Crippen molar-refractivity contribution in [3.05, 3.63) is 53.1 Å². The standard InChI is InChI=1S/C19H18ClN3O2/c1-24-15-8-12(9-16(11-15)25-2)18-17-6-7-21-19(17)23(22-18)14-5-3-4-13(20)10-14/h3-5,8-11,21H,6-7H2,1-2H3. The Hall–Kier alpha value is -2.66. The lowest BCUT2D eigenvalue weighted by Crippen LogP contribution is -2.04. The van der Waals surface area contributed by atoms with Gasteiger partial charge in [-0.15, -0.1) is 0 Å². The molecule has 0 radical (unpaired) electrons. The van der Waals surface area contributed by atoms with E-state index in [1.807, 2.05) is 47.1 Å². The summed E-state index contributed by atoms with van der Waals surface area (Å²) in [7, 11) is 3.30.